The summed E-state index contributed by atoms with van der Waals surface area (Å²) in [5.41, 5.74) is 0.419. The largest absolute Gasteiger partial charge is 0.392 e. The first-order valence-corrected chi connectivity index (χ1v) is 6.68. The van der Waals surface area contributed by atoms with Crippen molar-refractivity contribution in [1.29, 1.82) is 0 Å². The monoisotopic (exact) mass is 283 g/mol. The third-order valence-corrected chi connectivity index (χ3v) is 3.68. The van der Waals surface area contributed by atoms with E-state index in [9.17, 15) is 12.8 Å². The fraction of sp³-hybridized carbons (Fsp3) is 0.0909. The van der Waals surface area contributed by atoms with Crippen LogP contribution in [0.2, 0.25) is 0 Å². The van der Waals surface area contributed by atoms with E-state index in [1.807, 2.05) is 0 Å². The molecular formula is C11H10FN3O3S. The average molecular weight is 283 g/mol. The van der Waals surface area contributed by atoms with E-state index in [1.165, 1.54) is 24.8 Å². The fourth-order valence-corrected chi connectivity index (χ4v) is 2.57. The zero-order valence-corrected chi connectivity index (χ0v) is 10.4. The summed E-state index contributed by atoms with van der Waals surface area (Å²) < 4.78 is 39.7. The quantitative estimate of drug-likeness (QED) is 0.870. The van der Waals surface area contributed by atoms with Gasteiger partial charge in [0.25, 0.3) is 10.0 Å². The van der Waals surface area contributed by atoms with Gasteiger partial charge in [0, 0.05) is 0 Å². The summed E-state index contributed by atoms with van der Waals surface area (Å²) in [4.78, 5) is 6.75. The van der Waals surface area contributed by atoms with Gasteiger partial charge in [-0.1, -0.05) is 6.07 Å². The molecule has 0 spiro atoms. The topological polar surface area (TPSA) is 92.2 Å². The van der Waals surface area contributed by atoms with Crippen molar-refractivity contribution in [1.82, 2.24) is 9.97 Å². The zero-order chi connectivity index (χ0) is 13.9. The molecule has 0 bridgehead atoms. The number of nitrogens with one attached hydrogen (secondary N) is 1. The normalized spacial score (nSPS) is 11.3. The summed E-state index contributed by atoms with van der Waals surface area (Å²) in [6, 6.07) is 3.36. The third-order valence-electron chi connectivity index (χ3n) is 2.28. The van der Waals surface area contributed by atoms with Crippen LogP contribution in [-0.4, -0.2) is 23.5 Å². The molecule has 1 aromatic carbocycles. The second-order valence-electron chi connectivity index (χ2n) is 3.66. The van der Waals surface area contributed by atoms with Crippen molar-refractivity contribution in [2.24, 2.45) is 0 Å². The second-order valence-corrected chi connectivity index (χ2v) is 5.31. The highest BCUT2D eigenvalue weighted by atomic mass is 32.2. The number of nitrogens with zero attached hydrogens (tertiary/aromatic N) is 2. The molecule has 6 nitrogen and oxygen atoms in total. The Kier molecular flexibility index (Phi) is 3.72. The van der Waals surface area contributed by atoms with Crippen molar-refractivity contribution < 1.29 is 17.9 Å². The van der Waals surface area contributed by atoms with E-state index in [2.05, 4.69) is 14.7 Å². The number of aromatic nitrogens is 2. The maximum atomic E-state index is 13.6. The minimum absolute atomic E-state index is 0.122. The number of halogens is 1. The third kappa shape index (κ3) is 3.04. The molecule has 1 heterocycles. The summed E-state index contributed by atoms with van der Waals surface area (Å²) >= 11 is 0. The van der Waals surface area contributed by atoms with E-state index in [4.69, 9.17) is 5.11 Å². The highest BCUT2D eigenvalue weighted by Crippen LogP contribution is 2.19. The molecule has 0 aliphatic heterocycles. The lowest BCUT2D eigenvalue weighted by molar-refractivity contribution is 0.281. The number of benzene rings is 1. The first-order valence-electron chi connectivity index (χ1n) is 5.20. The smallest absolute Gasteiger partial charge is 0.264 e. The standard InChI is InChI=1S/C11H10FN3O3S/c12-10-2-1-8(6-16)3-11(10)19(17,18)15-9-4-13-7-14-5-9/h1-5,7,15-16H,6H2. The van der Waals surface area contributed by atoms with Crippen LogP contribution < -0.4 is 4.72 Å². The van der Waals surface area contributed by atoms with Gasteiger partial charge in [0.1, 0.15) is 17.0 Å². The van der Waals surface area contributed by atoms with Crippen molar-refractivity contribution in [2.75, 3.05) is 4.72 Å². The first-order chi connectivity index (χ1) is 9.03. The van der Waals surface area contributed by atoms with Crippen LogP contribution in [0.5, 0.6) is 0 Å². The molecule has 2 aromatic rings. The summed E-state index contributed by atoms with van der Waals surface area (Å²) in [7, 11) is -4.09. The van der Waals surface area contributed by atoms with Crippen LogP contribution in [0.1, 0.15) is 5.56 Å². The molecule has 0 unspecified atom stereocenters. The van der Waals surface area contributed by atoms with E-state index < -0.39 is 20.7 Å². The van der Waals surface area contributed by atoms with Crippen LogP contribution >= 0.6 is 0 Å². The lowest BCUT2D eigenvalue weighted by Crippen LogP contribution is -2.15. The minimum atomic E-state index is -4.09. The molecule has 2 N–H and O–H groups in total. The van der Waals surface area contributed by atoms with Crippen LogP contribution in [0.25, 0.3) is 0 Å². The van der Waals surface area contributed by atoms with Gasteiger partial charge in [0.15, 0.2) is 0 Å². The molecule has 0 atom stereocenters. The van der Waals surface area contributed by atoms with Gasteiger partial charge in [-0.2, -0.15) is 0 Å². The molecule has 100 valence electrons. The van der Waals surface area contributed by atoms with Gasteiger partial charge in [-0.3, -0.25) is 4.72 Å². The van der Waals surface area contributed by atoms with Crippen LogP contribution in [0.15, 0.2) is 41.8 Å². The Labute approximate surface area is 109 Å². The fourth-order valence-electron chi connectivity index (χ4n) is 1.41. The van der Waals surface area contributed by atoms with Gasteiger partial charge in [0.2, 0.25) is 0 Å². The molecule has 0 aliphatic rings. The van der Waals surface area contributed by atoms with E-state index in [0.29, 0.717) is 5.56 Å². The van der Waals surface area contributed by atoms with Crippen LogP contribution in [0, 0.1) is 5.82 Å². The van der Waals surface area contributed by atoms with Crippen molar-refractivity contribution in [3.05, 3.63) is 48.3 Å². The molecular weight excluding hydrogens is 273 g/mol. The highest BCUT2D eigenvalue weighted by molar-refractivity contribution is 7.92. The van der Waals surface area contributed by atoms with Gasteiger partial charge in [-0.05, 0) is 17.7 Å². The van der Waals surface area contributed by atoms with Crippen LogP contribution in [0.4, 0.5) is 10.1 Å². The Balaban J connectivity index is 2.39. The number of aliphatic hydroxyl groups excluding tert-OH is 1. The van der Waals surface area contributed by atoms with Crippen molar-refractivity contribution in [3.8, 4) is 0 Å². The van der Waals surface area contributed by atoms with Crippen molar-refractivity contribution >= 4 is 15.7 Å². The molecule has 8 heteroatoms. The van der Waals surface area contributed by atoms with E-state index >= 15 is 0 Å². The second kappa shape index (κ2) is 5.29. The van der Waals surface area contributed by atoms with Gasteiger partial charge in [-0.15, -0.1) is 0 Å². The van der Waals surface area contributed by atoms with Gasteiger partial charge in [0.05, 0.1) is 24.7 Å². The van der Waals surface area contributed by atoms with Gasteiger partial charge in [-0.25, -0.2) is 22.8 Å². The number of anilines is 1. The molecule has 19 heavy (non-hydrogen) atoms. The Morgan fingerprint density at radius 3 is 2.58 bits per heavy atom. The van der Waals surface area contributed by atoms with E-state index in [0.717, 1.165) is 12.1 Å². The minimum Gasteiger partial charge on any atom is -0.392 e. The molecule has 0 saturated heterocycles. The van der Waals surface area contributed by atoms with E-state index in [1.54, 1.807) is 0 Å². The molecule has 0 fully saturated rings. The Bertz CT molecular complexity index is 677. The summed E-state index contributed by atoms with van der Waals surface area (Å²) in [5, 5.41) is 8.95. The maximum Gasteiger partial charge on any atom is 0.264 e. The Morgan fingerprint density at radius 2 is 1.95 bits per heavy atom. The van der Waals surface area contributed by atoms with E-state index in [-0.39, 0.29) is 12.3 Å². The average Bonchev–Trinajstić information content (AvgIpc) is 2.39. The molecule has 2 rings (SSSR count). The van der Waals surface area contributed by atoms with Gasteiger partial charge >= 0.3 is 0 Å². The molecule has 0 aliphatic carbocycles. The maximum absolute atomic E-state index is 13.6. The van der Waals surface area contributed by atoms with Gasteiger partial charge < -0.3 is 5.11 Å². The summed E-state index contributed by atoms with van der Waals surface area (Å²) in [6.07, 6.45) is 3.74. The number of aliphatic hydroxyl groups is 1. The number of hydrogen-bond acceptors (Lipinski definition) is 5. The number of rotatable bonds is 4. The Morgan fingerprint density at radius 1 is 1.26 bits per heavy atom. The molecule has 1 aromatic heterocycles. The lowest BCUT2D eigenvalue weighted by Gasteiger charge is -2.09. The van der Waals surface area contributed by atoms with Crippen LogP contribution in [0.3, 0.4) is 0 Å². The van der Waals surface area contributed by atoms with Crippen molar-refractivity contribution in [3.63, 3.8) is 0 Å². The predicted molar refractivity (Wildman–Crippen MR) is 65.2 cm³/mol. The highest BCUT2D eigenvalue weighted by Gasteiger charge is 2.19. The predicted octanol–water partition coefficient (Wildman–Crippen LogP) is 0.909. The van der Waals surface area contributed by atoms with Crippen molar-refractivity contribution in [2.45, 2.75) is 11.5 Å². The van der Waals surface area contributed by atoms with Crippen LogP contribution in [-0.2, 0) is 16.6 Å². The number of hydrogen-bond donors (Lipinski definition) is 2. The lowest BCUT2D eigenvalue weighted by atomic mass is 10.2. The SMILES string of the molecule is O=S(=O)(Nc1cncnc1)c1cc(CO)ccc1F. The first kappa shape index (κ1) is 13.4. The summed E-state index contributed by atoms with van der Waals surface area (Å²) in [5.74, 6) is -0.901. The molecule has 0 amide bonds. The number of sulfonamides is 1. The Hall–Kier alpha value is -2.06. The molecule has 0 saturated carbocycles. The zero-order valence-electron chi connectivity index (χ0n) is 9.62. The summed E-state index contributed by atoms with van der Waals surface area (Å²) in [6.45, 7) is -0.378. The molecule has 0 radical (unpaired) electrons.